The number of hydrogen-bond acceptors (Lipinski definition) is 2. The highest BCUT2D eigenvalue weighted by Crippen LogP contribution is 2.27. The topological polar surface area (TPSA) is 26.3 Å². The maximum atomic E-state index is 13.6. The fourth-order valence-corrected chi connectivity index (χ4v) is 1.69. The molecule has 0 amide bonds. The van der Waals surface area contributed by atoms with E-state index in [1.54, 1.807) is 12.1 Å². The Labute approximate surface area is 111 Å². The van der Waals surface area contributed by atoms with Crippen LogP contribution < -0.4 is 0 Å². The molecule has 0 saturated heterocycles. The molecule has 18 heavy (non-hydrogen) atoms. The minimum absolute atomic E-state index is 0.327. The van der Waals surface area contributed by atoms with Crippen molar-refractivity contribution < 1.29 is 13.9 Å². The maximum absolute atomic E-state index is 13.6. The van der Waals surface area contributed by atoms with Gasteiger partial charge in [-0.25, -0.2) is 4.39 Å². The van der Waals surface area contributed by atoms with Gasteiger partial charge in [-0.05, 0) is 23.8 Å². The molecule has 0 N–H and O–H groups in total. The highest BCUT2D eigenvalue weighted by molar-refractivity contribution is 6.30. The second kappa shape index (κ2) is 6.01. The normalized spacial score (nSPS) is 12.4. The van der Waals surface area contributed by atoms with Crippen molar-refractivity contribution in [2.24, 2.45) is 0 Å². The summed E-state index contributed by atoms with van der Waals surface area (Å²) < 4.78 is 18.2. The molecule has 0 saturated carbocycles. The lowest BCUT2D eigenvalue weighted by Gasteiger charge is -2.21. The van der Waals surface area contributed by atoms with Gasteiger partial charge >= 0.3 is 5.97 Å². The first-order valence-corrected chi connectivity index (χ1v) is 5.96. The number of allylic oxidation sites excluding steroid dienone is 1. The molecule has 0 aliphatic rings. The summed E-state index contributed by atoms with van der Waals surface area (Å²) in [5.74, 6) is -0.965. The van der Waals surface area contributed by atoms with E-state index < -0.39 is 17.2 Å². The lowest BCUT2D eigenvalue weighted by Crippen LogP contribution is -2.15. The smallest absolute Gasteiger partial charge is 0.303 e. The Bertz CT molecular complexity index is 449. The minimum Gasteiger partial charge on any atom is -0.459 e. The van der Waals surface area contributed by atoms with E-state index in [-0.39, 0.29) is 6.61 Å². The van der Waals surface area contributed by atoms with Crippen LogP contribution >= 0.6 is 11.6 Å². The van der Waals surface area contributed by atoms with E-state index in [1.165, 1.54) is 13.0 Å². The predicted octanol–water partition coefficient (Wildman–Crippen LogP) is 4.03. The van der Waals surface area contributed by atoms with Gasteiger partial charge in [-0.15, -0.1) is 0 Å². The Kier molecular flexibility index (Phi) is 4.91. The van der Waals surface area contributed by atoms with E-state index in [0.717, 1.165) is 5.56 Å². The van der Waals surface area contributed by atoms with Gasteiger partial charge in [0.15, 0.2) is 0 Å². The van der Waals surface area contributed by atoms with Crippen molar-refractivity contribution in [3.8, 4) is 0 Å². The highest BCUT2D eigenvalue weighted by Gasteiger charge is 2.19. The predicted molar refractivity (Wildman–Crippen MR) is 70.3 cm³/mol. The molecule has 98 valence electrons. The number of esters is 1. The molecule has 1 aromatic rings. The third kappa shape index (κ3) is 4.49. The number of carbonyl (C=O) groups excluding carboxylic acids is 1. The van der Waals surface area contributed by atoms with Gasteiger partial charge in [0.1, 0.15) is 12.4 Å². The average Bonchev–Trinajstić information content (AvgIpc) is 2.26. The Balaban J connectivity index is 2.82. The lowest BCUT2D eigenvalue weighted by molar-refractivity contribution is -0.140. The Morgan fingerprint density at radius 2 is 1.94 bits per heavy atom. The summed E-state index contributed by atoms with van der Waals surface area (Å²) in [6, 6.07) is 7.21. The summed E-state index contributed by atoms with van der Waals surface area (Å²) in [4.78, 5) is 10.6. The first-order chi connectivity index (χ1) is 8.31. The van der Waals surface area contributed by atoms with Crippen molar-refractivity contribution in [2.45, 2.75) is 26.2 Å². The standard InChI is InChI=1S/C14H16ClFO2/c1-10(17)18-9-13(16)8-14(2,3)11-4-6-12(15)7-5-11/h4-8H,9H2,1-3H3/b13-8-. The third-order valence-corrected chi connectivity index (χ3v) is 2.77. The van der Waals surface area contributed by atoms with E-state index in [4.69, 9.17) is 11.6 Å². The molecule has 0 bridgehead atoms. The van der Waals surface area contributed by atoms with Crippen LogP contribution in [0.25, 0.3) is 0 Å². The molecule has 0 aliphatic heterocycles. The molecular formula is C14H16ClFO2. The third-order valence-electron chi connectivity index (χ3n) is 2.52. The number of halogens is 2. The van der Waals surface area contributed by atoms with E-state index in [1.807, 2.05) is 26.0 Å². The van der Waals surface area contributed by atoms with Crippen LogP contribution in [0.1, 0.15) is 26.3 Å². The molecule has 4 heteroatoms. The van der Waals surface area contributed by atoms with E-state index in [2.05, 4.69) is 4.74 Å². The number of ether oxygens (including phenoxy) is 1. The van der Waals surface area contributed by atoms with Gasteiger partial charge in [0.25, 0.3) is 0 Å². The molecule has 0 aliphatic carbocycles. The summed E-state index contributed by atoms with van der Waals surface area (Å²) in [6.07, 6.45) is 1.44. The Hall–Kier alpha value is -1.35. The van der Waals surface area contributed by atoms with Crippen LogP contribution in [0.15, 0.2) is 36.2 Å². The van der Waals surface area contributed by atoms with Crippen molar-refractivity contribution in [1.29, 1.82) is 0 Å². The second-order valence-electron chi connectivity index (χ2n) is 4.60. The van der Waals surface area contributed by atoms with Gasteiger partial charge < -0.3 is 4.74 Å². The molecule has 1 rings (SSSR count). The molecule has 0 heterocycles. The maximum Gasteiger partial charge on any atom is 0.303 e. The van der Waals surface area contributed by atoms with Crippen LogP contribution in [0, 0.1) is 0 Å². The largest absolute Gasteiger partial charge is 0.459 e. The van der Waals surface area contributed by atoms with Crippen molar-refractivity contribution in [2.75, 3.05) is 6.61 Å². The Morgan fingerprint density at radius 1 is 1.39 bits per heavy atom. The van der Waals surface area contributed by atoms with Crippen LogP contribution in [0.5, 0.6) is 0 Å². The molecule has 0 radical (unpaired) electrons. The molecule has 0 spiro atoms. The summed E-state index contributed by atoms with van der Waals surface area (Å²) in [5, 5.41) is 0.638. The first kappa shape index (κ1) is 14.7. The summed E-state index contributed by atoms with van der Waals surface area (Å²) in [5.41, 5.74) is 0.444. The van der Waals surface area contributed by atoms with E-state index in [0.29, 0.717) is 5.02 Å². The minimum atomic E-state index is -0.497. The van der Waals surface area contributed by atoms with Gasteiger partial charge in [0.05, 0.1) is 0 Å². The summed E-state index contributed by atoms with van der Waals surface area (Å²) in [7, 11) is 0. The average molecular weight is 271 g/mol. The fraction of sp³-hybridized carbons (Fsp3) is 0.357. The molecular weight excluding hydrogens is 255 g/mol. The number of benzene rings is 1. The zero-order chi connectivity index (χ0) is 13.8. The van der Waals surface area contributed by atoms with Crippen LogP contribution in [-0.4, -0.2) is 12.6 Å². The van der Waals surface area contributed by atoms with Crippen LogP contribution in [0.2, 0.25) is 5.02 Å². The summed E-state index contributed by atoms with van der Waals surface area (Å²) >= 11 is 5.81. The number of rotatable bonds is 4. The van der Waals surface area contributed by atoms with Gasteiger partial charge in [0, 0.05) is 17.4 Å². The zero-order valence-electron chi connectivity index (χ0n) is 10.7. The van der Waals surface area contributed by atoms with Crippen LogP contribution in [-0.2, 0) is 14.9 Å². The first-order valence-electron chi connectivity index (χ1n) is 5.58. The highest BCUT2D eigenvalue weighted by atomic mass is 35.5. The Morgan fingerprint density at radius 3 is 2.44 bits per heavy atom. The van der Waals surface area contributed by atoms with Crippen LogP contribution in [0.4, 0.5) is 4.39 Å². The van der Waals surface area contributed by atoms with Gasteiger partial charge in [0.2, 0.25) is 0 Å². The second-order valence-corrected chi connectivity index (χ2v) is 5.04. The quantitative estimate of drug-likeness (QED) is 0.772. The lowest BCUT2D eigenvalue weighted by atomic mass is 9.84. The van der Waals surface area contributed by atoms with Crippen molar-refractivity contribution in [1.82, 2.24) is 0 Å². The fourth-order valence-electron chi connectivity index (χ4n) is 1.57. The number of hydrogen-bond donors (Lipinski definition) is 0. The van der Waals surface area contributed by atoms with Gasteiger partial charge in [-0.3, -0.25) is 4.79 Å². The van der Waals surface area contributed by atoms with E-state index in [9.17, 15) is 9.18 Å². The number of carbonyl (C=O) groups is 1. The zero-order valence-corrected chi connectivity index (χ0v) is 11.4. The van der Waals surface area contributed by atoms with Gasteiger partial charge in [-0.1, -0.05) is 37.6 Å². The van der Waals surface area contributed by atoms with Crippen molar-refractivity contribution in [3.63, 3.8) is 0 Å². The molecule has 0 unspecified atom stereocenters. The molecule has 0 fully saturated rings. The van der Waals surface area contributed by atoms with Crippen LogP contribution in [0.3, 0.4) is 0 Å². The summed E-state index contributed by atoms with van der Waals surface area (Å²) in [6.45, 7) is 4.68. The van der Waals surface area contributed by atoms with Crippen molar-refractivity contribution in [3.05, 3.63) is 46.8 Å². The van der Waals surface area contributed by atoms with E-state index >= 15 is 0 Å². The van der Waals surface area contributed by atoms with Crippen molar-refractivity contribution >= 4 is 17.6 Å². The van der Waals surface area contributed by atoms with Gasteiger partial charge in [-0.2, -0.15) is 0 Å². The molecule has 2 nitrogen and oxygen atoms in total. The molecule has 0 aromatic heterocycles. The molecule has 0 atom stereocenters. The monoisotopic (exact) mass is 270 g/mol. The molecule has 1 aromatic carbocycles. The SMILES string of the molecule is CC(=O)OC/C(F)=C/C(C)(C)c1ccc(Cl)cc1.